The van der Waals surface area contributed by atoms with Crippen LogP contribution in [0.3, 0.4) is 0 Å². The molecule has 3 heteroatoms. The molecule has 0 heterocycles. The summed E-state index contributed by atoms with van der Waals surface area (Å²) in [6, 6.07) is 0. The van der Waals surface area contributed by atoms with E-state index in [-0.39, 0.29) is 17.3 Å². The highest BCUT2D eigenvalue weighted by molar-refractivity contribution is 5.78. The topological polar surface area (TPSA) is 35.5 Å². The van der Waals surface area contributed by atoms with Crippen LogP contribution in [0.5, 0.6) is 0 Å². The van der Waals surface area contributed by atoms with Crippen molar-refractivity contribution >= 4 is 5.97 Å². The van der Waals surface area contributed by atoms with Crippen molar-refractivity contribution in [3.8, 4) is 0 Å². The van der Waals surface area contributed by atoms with E-state index in [1.165, 1.54) is 0 Å². The fourth-order valence-corrected chi connectivity index (χ4v) is 2.34. The van der Waals surface area contributed by atoms with Crippen LogP contribution >= 0.6 is 0 Å². The molecular weight excluding hydrogens is 204 g/mol. The molecule has 0 aromatic rings. The Morgan fingerprint density at radius 1 is 1.25 bits per heavy atom. The highest BCUT2D eigenvalue weighted by Crippen LogP contribution is 2.46. The van der Waals surface area contributed by atoms with Crippen LogP contribution in [0.15, 0.2) is 0 Å². The fraction of sp³-hybridized carbons (Fsp3) is 0.923. The zero-order valence-electron chi connectivity index (χ0n) is 11.7. The monoisotopic (exact) mass is 230 g/mol. The van der Waals surface area contributed by atoms with Gasteiger partial charge in [0.1, 0.15) is 0 Å². The van der Waals surface area contributed by atoms with Crippen LogP contribution in [0.25, 0.3) is 0 Å². The molecule has 96 valence electrons. The second-order valence-corrected chi connectivity index (χ2v) is 5.53. The maximum Gasteiger partial charge on any atom is 0.315 e. The molecule has 1 atom stereocenters. The molecule has 16 heavy (non-hydrogen) atoms. The van der Waals surface area contributed by atoms with Crippen LogP contribution < -0.4 is 0 Å². The maximum absolute atomic E-state index is 12.2. The van der Waals surface area contributed by atoms with E-state index >= 15 is 0 Å². The highest BCUT2D eigenvalue weighted by atomic mass is 16.5. The van der Waals surface area contributed by atoms with Gasteiger partial charge in [0.05, 0.1) is 18.6 Å². The van der Waals surface area contributed by atoms with E-state index < -0.39 is 5.41 Å². The van der Waals surface area contributed by atoms with Crippen molar-refractivity contribution in [3.63, 3.8) is 0 Å². The van der Waals surface area contributed by atoms with Gasteiger partial charge in [-0.25, -0.2) is 0 Å². The van der Waals surface area contributed by atoms with Crippen LogP contribution in [0.4, 0.5) is 0 Å². The van der Waals surface area contributed by atoms with Gasteiger partial charge in [-0.15, -0.1) is 0 Å². The Bertz CT molecular complexity index is 228. The molecule has 1 unspecified atom stereocenters. The van der Waals surface area contributed by atoms with E-state index in [2.05, 4.69) is 20.8 Å². The number of hydrogen-bond acceptors (Lipinski definition) is 3. The Kier molecular flexibility index (Phi) is 5.47. The predicted molar refractivity (Wildman–Crippen MR) is 65.2 cm³/mol. The lowest BCUT2D eigenvalue weighted by Crippen LogP contribution is -2.51. The molecule has 0 amide bonds. The Balaban J connectivity index is 5.35. The number of methoxy groups -OCH3 is 1. The van der Waals surface area contributed by atoms with Gasteiger partial charge in [0.15, 0.2) is 0 Å². The Morgan fingerprint density at radius 2 is 1.75 bits per heavy atom. The Hall–Kier alpha value is -0.570. The van der Waals surface area contributed by atoms with Gasteiger partial charge < -0.3 is 9.47 Å². The van der Waals surface area contributed by atoms with Crippen molar-refractivity contribution in [1.29, 1.82) is 0 Å². The second kappa shape index (κ2) is 5.67. The lowest BCUT2D eigenvalue weighted by atomic mass is 9.61. The number of carbonyl (C=O) groups is 1. The fourth-order valence-electron chi connectivity index (χ4n) is 2.34. The first-order valence-electron chi connectivity index (χ1n) is 5.90. The van der Waals surface area contributed by atoms with Gasteiger partial charge in [-0.3, -0.25) is 4.79 Å². The average molecular weight is 230 g/mol. The first kappa shape index (κ1) is 15.4. The minimum absolute atomic E-state index is 0.153. The van der Waals surface area contributed by atoms with Gasteiger partial charge >= 0.3 is 5.97 Å². The molecule has 3 nitrogen and oxygen atoms in total. The highest BCUT2D eigenvalue weighted by Gasteiger charge is 2.52. The summed E-state index contributed by atoms with van der Waals surface area (Å²) in [5.74, 6) is 0.0193. The third kappa shape index (κ3) is 2.76. The van der Waals surface area contributed by atoms with Gasteiger partial charge in [-0.2, -0.15) is 0 Å². The summed E-state index contributed by atoms with van der Waals surface area (Å²) in [5.41, 5.74) is -0.777. The lowest BCUT2D eigenvalue weighted by molar-refractivity contribution is -0.174. The standard InChI is InChI=1S/C13H26O3/c1-8-16-11(14)13(9-15-7,10(2)3)12(4,5)6/h10H,8-9H2,1-7H3. The molecule has 0 bridgehead atoms. The number of esters is 1. The molecule has 0 N–H and O–H groups in total. The number of carbonyl (C=O) groups excluding carboxylic acids is 1. The van der Waals surface area contributed by atoms with E-state index in [0.29, 0.717) is 13.2 Å². The molecule has 0 aliphatic rings. The van der Waals surface area contributed by atoms with Crippen molar-refractivity contribution in [2.75, 3.05) is 20.3 Å². The van der Waals surface area contributed by atoms with Crippen molar-refractivity contribution in [1.82, 2.24) is 0 Å². The zero-order valence-corrected chi connectivity index (χ0v) is 11.7. The first-order chi connectivity index (χ1) is 7.24. The number of hydrogen-bond donors (Lipinski definition) is 0. The first-order valence-corrected chi connectivity index (χ1v) is 5.90. The van der Waals surface area contributed by atoms with E-state index in [9.17, 15) is 4.79 Å². The third-order valence-corrected chi connectivity index (χ3v) is 3.34. The van der Waals surface area contributed by atoms with E-state index in [0.717, 1.165) is 0 Å². The second-order valence-electron chi connectivity index (χ2n) is 5.53. The van der Waals surface area contributed by atoms with Crippen LogP contribution in [-0.2, 0) is 14.3 Å². The summed E-state index contributed by atoms with van der Waals surface area (Å²) < 4.78 is 10.5. The molecule has 0 aliphatic carbocycles. The molecule has 0 aliphatic heterocycles. The van der Waals surface area contributed by atoms with Crippen molar-refractivity contribution < 1.29 is 14.3 Å². The van der Waals surface area contributed by atoms with Crippen molar-refractivity contribution in [2.45, 2.75) is 41.5 Å². The minimum Gasteiger partial charge on any atom is -0.465 e. The van der Waals surface area contributed by atoms with Crippen LogP contribution in [0, 0.1) is 16.7 Å². The van der Waals surface area contributed by atoms with Gasteiger partial charge in [-0.1, -0.05) is 34.6 Å². The molecule has 0 fully saturated rings. The van der Waals surface area contributed by atoms with Crippen LogP contribution in [0.1, 0.15) is 41.5 Å². The molecule has 0 rings (SSSR count). The zero-order chi connectivity index (χ0) is 13.0. The molecule has 0 aromatic heterocycles. The Labute approximate surface area is 99.5 Å². The summed E-state index contributed by atoms with van der Waals surface area (Å²) in [4.78, 5) is 12.2. The summed E-state index contributed by atoms with van der Waals surface area (Å²) in [6.45, 7) is 12.9. The average Bonchev–Trinajstić information content (AvgIpc) is 2.11. The smallest absolute Gasteiger partial charge is 0.315 e. The normalized spacial score (nSPS) is 16.0. The molecule has 0 saturated carbocycles. The number of rotatable bonds is 5. The van der Waals surface area contributed by atoms with E-state index in [1.807, 2.05) is 20.8 Å². The largest absolute Gasteiger partial charge is 0.465 e. The van der Waals surface area contributed by atoms with Gasteiger partial charge in [0, 0.05) is 7.11 Å². The van der Waals surface area contributed by atoms with Crippen LogP contribution in [-0.4, -0.2) is 26.3 Å². The Morgan fingerprint density at radius 3 is 2.00 bits per heavy atom. The molecule has 0 spiro atoms. The summed E-state index contributed by atoms with van der Waals surface area (Å²) in [5, 5.41) is 0. The third-order valence-electron chi connectivity index (χ3n) is 3.34. The van der Waals surface area contributed by atoms with E-state index in [4.69, 9.17) is 9.47 Å². The lowest BCUT2D eigenvalue weighted by Gasteiger charge is -2.45. The summed E-state index contributed by atoms with van der Waals surface area (Å²) in [7, 11) is 1.63. The summed E-state index contributed by atoms with van der Waals surface area (Å²) in [6.07, 6.45) is 0. The van der Waals surface area contributed by atoms with E-state index in [1.54, 1.807) is 7.11 Å². The SMILES string of the molecule is CCOC(=O)C(COC)(C(C)C)C(C)(C)C. The molecule has 0 radical (unpaired) electrons. The number of ether oxygens (including phenoxy) is 2. The summed E-state index contributed by atoms with van der Waals surface area (Å²) >= 11 is 0. The van der Waals surface area contributed by atoms with Gasteiger partial charge in [0.25, 0.3) is 0 Å². The molecule has 0 saturated heterocycles. The quantitative estimate of drug-likeness (QED) is 0.681. The van der Waals surface area contributed by atoms with Crippen molar-refractivity contribution in [2.24, 2.45) is 16.7 Å². The predicted octanol–water partition coefficient (Wildman–Crippen LogP) is 2.88. The van der Waals surface area contributed by atoms with Gasteiger partial charge in [0.2, 0.25) is 0 Å². The molecule has 0 aromatic carbocycles. The van der Waals surface area contributed by atoms with Gasteiger partial charge in [-0.05, 0) is 18.3 Å². The van der Waals surface area contributed by atoms with Crippen LogP contribution in [0.2, 0.25) is 0 Å². The maximum atomic E-state index is 12.2. The van der Waals surface area contributed by atoms with Crippen molar-refractivity contribution in [3.05, 3.63) is 0 Å². The minimum atomic E-state index is -0.586. The molecular formula is C13H26O3.